The number of nitrogens with one attached hydrogen (secondary N) is 1. The van der Waals surface area contributed by atoms with Crippen molar-refractivity contribution in [2.24, 2.45) is 0 Å². The average molecular weight is 312 g/mol. The topological polar surface area (TPSA) is 46.9 Å². The molecule has 0 radical (unpaired) electrons. The van der Waals surface area contributed by atoms with E-state index < -0.39 is 0 Å². The molecule has 20 heavy (non-hydrogen) atoms. The Labute approximate surface area is 127 Å². The third-order valence-corrected chi connectivity index (χ3v) is 3.54. The number of halogens is 2. The van der Waals surface area contributed by atoms with Crippen LogP contribution in [0.25, 0.3) is 0 Å². The molecule has 0 amide bonds. The molecule has 106 valence electrons. The van der Waals surface area contributed by atoms with Gasteiger partial charge in [-0.2, -0.15) is 0 Å². The molecule has 0 aliphatic carbocycles. The Hall–Kier alpha value is -1.52. The summed E-state index contributed by atoms with van der Waals surface area (Å²) in [4.78, 5) is 16.0. The van der Waals surface area contributed by atoms with Crippen molar-refractivity contribution in [1.29, 1.82) is 0 Å². The zero-order valence-electron chi connectivity index (χ0n) is 11.1. The first-order chi connectivity index (χ1) is 9.61. The largest absolute Gasteiger partial charge is 0.365 e. The summed E-state index contributed by atoms with van der Waals surface area (Å²) in [6.07, 6.45) is 3.98. The average Bonchev–Trinajstić information content (AvgIpc) is 2.43. The molecule has 0 bridgehead atoms. The molecule has 2 aromatic rings. The van der Waals surface area contributed by atoms with Crippen molar-refractivity contribution in [3.8, 4) is 0 Å². The molecular weight excluding hydrogens is 297 g/mol. The third kappa shape index (κ3) is 3.52. The highest BCUT2D eigenvalue weighted by Crippen LogP contribution is 2.21. The van der Waals surface area contributed by atoms with Crippen LogP contribution in [-0.2, 0) is 13.0 Å². The van der Waals surface area contributed by atoms with Crippen molar-refractivity contribution >= 4 is 29.0 Å². The number of anilines is 1. The SMILES string of the molecule is CCn1ccnc(NCCc2ccc(Cl)cc2Cl)c1=O. The van der Waals surface area contributed by atoms with E-state index in [1.807, 2.05) is 13.0 Å². The van der Waals surface area contributed by atoms with Gasteiger partial charge in [-0.15, -0.1) is 0 Å². The van der Waals surface area contributed by atoms with E-state index in [1.54, 1.807) is 29.1 Å². The summed E-state index contributed by atoms with van der Waals surface area (Å²) in [7, 11) is 0. The highest BCUT2D eigenvalue weighted by Gasteiger charge is 2.04. The van der Waals surface area contributed by atoms with Crippen LogP contribution in [0.2, 0.25) is 10.0 Å². The molecule has 0 saturated carbocycles. The second-order valence-electron chi connectivity index (χ2n) is 4.28. The van der Waals surface area contributed by atoms with Gasteiger partial charge in [-0.05, 0) is 31.0 Å². The van der Waals surface area contributed by atoms with Crippen molar-refractivity contribution in [2.45, 2.75) is 19.9 Å². The maximum Gasteiger partial charge on any atom is 0.293 e. The van der Waals surface area contributed by atoms with Gasteiger partial charge >= 0.3 is 0 Å². The standard InChI is InChI=1S/C14H15Cl2N3O/c1-2-19-8-7-18-13(14(19)20)17-6-5-10-3-4-11(15)9-12(10)16/h3-4,7-9H,2,5-6H2,1H3,(H,17,18). The number of hydrogen-bond donors (Lipinski definition) is 1. The van der Waals surface area contributed by atoms with E-state index in [0.717, 1.165) is 5.56 Å². The first-order valence-corrected chi connectivity index (χ1v) is 7.10. The van der Waals surface area contributed by atoms with Crippen molar-refractivity contribution in [2.75, 3.05) is 11.9 Å². The number of aryl methyl sites for hydroxylation is 1. The van der Waals surface area contributed by atoms with Gasteiger partial charge in [0.1, 0.15) is 0 Å². The summed E-state index contributed by atoms with van der Waals surface area (Å²) in [5, 5.41) is 4.29. The third-order valence-electron chi connectivity index (χ3n) is 2.96. The highest BCUT2D eigenvalue weighted by molar-refractivity contribution is 6.35. The summed E-state index contributed by atoms with van der Waals surface area (Å²) in [6, 6.07) is 5.39. The molecule has 4 nitrogen and oxygen atoms in total. The molecule has 1 aromatic heterocycles. The van der Waals surface area contributed by atoms with E-state index in [1.165, 1.54) is 0 Å². The van der Waals surface area contributed by atoms with Gasteiger partial charge in [0.15, 0.2) is 5.82 Å². The fourth-order valence-electron chi connectivity index (χ4n) is 1.86. The summed E-state index contributed by atoms with van der Waals surface area (Å²) >= 11 is 11.9. The summed E-state index contributed by atoms with van der Waals surface area (Å²) in [5.41, 5.74) is 0.868. The van der Waals surface area contributed by atoms with Gasteiger partial charge < -0.3 is 9.88 Å². The number of aromatic nitrogens is 2. The Morgan fingerprint density at radius 2 is 2.15 bits per heavy atom. The van der Waals surface area contributed by atoms with Crippen LogP contribution >= 0.6 is 23.2 Å². The Kier molecular flexibility index (Phi) is 5.04. The van der Waals surface area contributed by atoms with Crippen LogP contribution in [0.3, 0.4) is 0 Å². The molecule has 2 rings (SSSR count). The molecule has 1 aromatic carbocycles. The monoisotopic (exact) mass is 311 g/mol. The Bertz CT molecular complexity index is 655. The number of nitrogens with zero attached hydrogens (tertiary/aromatic N) is 2. The number of benzene rings is 1. The van der Waals surface area contributed by atoms with Gasteiger partial charge in [0, 0.05) is 35.5 Å². The lowest BCUT2D eigenvalue weighted by atomic mass is 10.1. The highest BCUT2D eigenvalue weighted by atomic mass is 35.5. The lowest BCUT2D eigenvalue weighted by molar-refractivity contribution is 0.718. The number of rotatable bonds is 5. The van der Waals surface area contributed by atoms with Crippen LogP contribution in [0.1, 0.15) is 12.5 Å². The van der Waals surface area contributed by atoms with Crippen LogP contribution in [0, 0.1) is 0 Å². The van der Waals surface area contributed by atoms with Crippen LogP contribution in [0.4, 0.5) is 5.82 Å². The van der Waals surface area contributed by atoms with Crippen molar-refractivity contribution in [3.63, 3.8) is 0 Å². The lowest BCUT2D eigenvalue weighted by Crippen LogP contribution is -2.24. The van der Waals surface area contributed by atoms with Gasteiger partial charge in [0.05, 0.1) is 0 Å². The van der Waals surface area contributed by atoms with Gasteiger partial charge in [-0.3, -0.25) is 4.79 Å². The molecule has 0 aliphatic rings. The quantitative estimate of drug-likeness (QED) is 0.922. The molecule has 0 unspecified atom stereocenters. The molecule has 0 atom stereocenters. The summed E-state index contributed by atoms with van der Waals surface area (Å²) in [6.45, 7) is 3.12. The lowest BCUT2D eigenvalue weighted by Gasteiger charge is -2.08. The molecule has 0 aliphatic heterocycles. The Morgan fingerprint density at radius 3 is 2.85 bits per heavy atom. The maximum atomic E-state index is 11.9. The minimum absolute atomic E-state index is 0.114. The van der Waals surface area contributed by atoms with E-state index >= 15 is 0 Å². The van der Waals surface area contributed by atoms with Crippen LogP contribution < -0.4 is 10.9 Å². The van der Waals surface area contributed by atoms with Crippen LogP contribution in [-0.4, -0.2) is 16.1 Å². The summed E-state index contributed by atoms with van der Waals surface area (Å²) < 4.78 is 1.60. The van der Waals surface area contributed by atoms with Gasteiger partial charge in [0.2, 0.25) is 0 Å². The second kappa shape index (κ2) is 6.77. The first kappa shape index (κ1) is 14.9. The van der Waals surface area contributed by atoms with Crippen molar-refractivity contribution < 1.29 is 0 Å². The van der Waals surface area contributed by atoms with E-state index in [9.17, 15) is 4.79 Å². The fraction of sp³-hybridized carbons (Fsp3) is 0.286. The van der Waals surface area contributed by atoms with Gasteiger partial charge in [0.25, 0.3) is 5.56 Å². The molecule has 0 spiro atoms. The maximum absolute atomic E-state index is 11.9. The van der Waals surface area contributed by atoms with E-state index in [4.69, 9.17) is 23.2 Å². The number of hydrogen-bond acceptors (Lipinski definition) is 3. The van der Waals surface area contributed by atoms with E-state index in [0.29, 0.717) is 35.4 Å². The van der Waals surface area contributed by atoms with E-state index in [2.05, 4.69) is 10.3 Å². The molecule has 0 saturated heterocycles. The zero-order valence-corrected chi connectivity index (χ0v) is 12.6. The predicted octanol–water partition coefficient (Wildman–Crippen LogP) is 3.22. The molecule has 1 N–H and O–H groups in total. The molecule has 0 fully saturated rings. The zero-order chi connectivity index (χ0) is 14.5. The molecular formula is C14H15Cl2N3O. The second-order valence-corrected chi connectivity index (χ2v) is 5.12. The predicted molar refractivity (Wildman–Crippen MR) is 82.8 cm³/mol. The van der Waals surface area contributed by atoms with Crippen molar-refractivity contribution in [3.05, 3.63) is 56.6 Å². The molecule has 6 heteroatoms. The Balaban J connectivity index is 2.01. The first-order valence-electron chi connectivity index (χ1n) is 6.35. The Morgan fingerprint density at radius 1 is 1.35 bits per heavy atom. The van der Waals surface area contributed by atoms with Crippen LogP contribution in [0.5, 0.6) is 0 Å². The normalized spacial score (nSPS) is 10.6. The van der Waals surface area contributed by atoms with Crippen LogP contribution in [0.15, 0.2) is 35.4 Å². The smallest absolute Gasteiger partial charge is 0.293 e. The molecule has 1 heterocycles. The summed E-state index contributed by atoms with van der Waals surface area (Å²) in [5.74, 6) is 0.361. The van der Waals surface area contributed by atoms with Gasteiger partial charge in [-0.25, -0.2) is 4.98 Å². The van der Waals surface area contributed by atoms with Gasteiger partial charge in [-0.1, -0.05) is 29.3 Å². The minimum atomic E-state index is -0.114. The van der Waals surface area contributed by atoms with E-state index in [-0.39, 0.29) is 5.56 Å². The van der Waals surface area contributed by atoms with Crippen molar-refractivity contribution in [1.82, 2.24) is 9.55 Å². The fourth-order valence-corrected chi connectivity index (χ4v) is 2.36. The minimum Gasteiger partial charge on any atom is -0.365 e.